The van der Waals surface area contributed by atoms with E-state index in [2.05, 4.69) is 24.1 Å². The highest BCUT2D eigenvalue weighted by atomic mass is 16.5. The van der Waals surface area contributed by atoms with Crippen molar-refractivity contribution in [2.45, 2.75) is 32.7 Å². The summed E-state index contributed by atoms with van der Waals surface area (Å²) in [5.74, 6) is 1.39. The lowest BCUT2D eigenvalue weighted by Gasteiger charge is -2.23. The Balaban J connectivity index is 1.96. The van der Waals surface area contributed by atoms with Crippen LogP contribution in [0.15, 0.2) is 54.6 Å². The third kappa shape index (κ3) is 5.39. The predicted octanol–water partition coefficient (Wildman–Crippen LogP) is 4.54. The van der Waals surface area contributed by atoms with Gasteiger partial charge in [-0.3, -0.25) is 4.79 Å². The van der Waals surface area contributed by atoms with Crippen LogP contribution in [-0.2, 0) is 4.79 Å². The lowest BCUT2D eigenvalue weighted by atomic mass is 10.2. The van der Waals surface area contributed by atoms with Gasteiger partial charge in [-0.2, -0.15) is 0 Å². The third-order valence-corrected chi connectivity index (χ3v) is 4.17. The minimum absolute atomic E-state index is 0.00531. The van der Waals surface area contributed by atoms with Gasteiger partial charge < -0.3 is 15.0 Å². The summed E-state index contributed by atoms with van der Waals surface area (Å²) in [7, 11) is 2.05. The van der Waals surface area contributed by atoms with E-state index < -0.39 is 0 Å². The maximum atomic E-state index is 12.2. The Morgan fingerprint density at radius 1 is 1.12 bits per heavy atom. The lowest BCUT2D eigenvalue weighted by molar-refractivity contribution is -0.116. The number of nitrogens with zero attached hydrogens (tertiary/aromatic N) is 1. The molecule has 0 spiro atoms. The molecule has 2 aromatic rings. The second-order valence-corrected chi connectivity index (χ2v) is 5.95. The minimum atomic E-state index is -0.00531. The second kappa shape index (κ2) is 9.08. The summed E-state index contributed by atoms with van der Waals surface area (Å²) in [6.07, 6.45) is 1.53. The number of carbonyl (C=O) groups excluding carboxylic acids is 1. The maximum Gasteiger partial charge on any atom is 0.225 e. The van der Waals surface area contributed by atoms with Crippen molar-refractivity contribution in [2.24, 2.45) is 0 Å². The zero-order valence-corrected chi connectivity index (χ0v) is 14.7. The van der Waals surface area contributed by atoms with Crippen molar-refractivity contribution >= 4 is 11.6 Å². The van der Waals surface area contributed by atoms with Crippen LogP contribution in [0.2, 0.25) is 0 Å². The first-order valence-corrected chi connectivity index (χ1v) is 8.42. The first kappa shape index (κ1) is 18.0. The van der Waals surface area contributed by atoms with Gasteiger partial charge >= 0.3 is 0 Å². The molecule has 0 saturated heterocycles. The third-order valence-electron chi connectivity index (χ3n) is 4.17. The van der Waals surface area contributed by atoms with Crippen LogP contribution in [0.25, 0.3) is 0 Å². The summed E-state index contributed by atoms with van der Waals surface area (Å²) < 4.78 is 5.87. The van der Waals surface area contributed by atoms with E-state index in [0.717, 1.165) is 18.7 Å². The van der Waals surface area contributed by atoms with Crippen molar-refractivity contribution < 1.29 is 9.53 Å². The molecule has 1 unspecified atom stereocenters. The van der Waals surface area contributed by atoms with Gasteiger partial charge in [0.15, 0.2) is 5.75 Å². The van der Waals surface area contributed by atoms with Crippen LogP contribution < -0.4 is 10.1 Å². The Morgan fingerprint density at radius 3 is 2.50 bits per heavy atom. The van der Waals surface area contributed by atoms with Crippen LogP contribution in [0.5, 0.6) is 11.5 Å². The average Bonchev–Trinajstić information content (AvgIpc) is 2.61. The molecule has 4 nitrogen and oxygen atoms in total. The van der Waals surface area contributed by atoms with Crippen molar-refractivity contribution in [3.63, 3.8) is 0 Å². The smallest absolute Gasteiger partial charge is 0.225 e. The van der Waals surface area contributed by atoms with E-state index in [-0.39, 0.29) is 5.91 Å². The van der Waals surface area contributed by atoms with Gasteiger partial charge in [0, 0.05) is 19.0 Å². The summed E-state index contributed by atoms with van der Waals surface area (Å²) in [4.78, 5) is 14.4. The van der Waals surface area contributed by atoms with Crippen LogP contribution in [0, 0.1) is 0 Å². The van der Waals surface area contributed by atoms with Crippen molar-refractivity contribution in [3.8, 4) is 11.5 Å². The standard InChI is InChI=1S/C20H26N2O2/c1-4-16(2)22(3)15-14-20(23)21-18-12-8-9-13-19(18)24-17-10-6-5-7-11-17/h5-13,16H,4,14-15H2,1-3H3,(H,21,23). The number of rotatable bonds is 8. The van der Waals surface area contributed by atoms with Crippen LogP contribution >= 0.6 is 0 Å². The number of amides is 1. The van der Waals surface area contributed by atoms with E-state index in [9.17, 15) is 4.79 Å². The predicted molar refractivity (Wildman–Crippen MR) is 98.6 cm³/mol. The van der Waals surface area contributed by atoms with Gasteiger partial charge in [-0.15, -0.1) is 0 Å². The lowest BCUT2D eigenvalue weighted by Crippen LogP contribution is -2.31. The van der Waals surface area contributed by atoms with E-state index in [1.54, 1.807) is 0 Å². The van der Waals surface area contributed by atoms with Crippen LogP contribution in [0.1, 0.15) is 26.7 Å². The molecule has 0 fully saturated rings. The Labute approximate surface area is 144 Å². The number of anilines is 1. The van der Waals surface area contributed by atoms with Crippen molar-refractivity contribution in [1.29, 1.82) is 0 Å². The van der Waals surface area contributed by atoms with Gasteiger partial charge in [0.1, 0.15) is 5.75 Å². The molecule has 1 amide bonds. The summed E-state index contributed by atoms with van der Waals surface area (Å²) in [5, 5.41) is 2.95. The largest absolute Gasteiger partial charge is 0.455 e. The molecule has 0 aliphatic heterocycles. The van der Waals surface area contributed by atoms with E-state index in [1.165, 1.54) is 0 Å². The topological polar surface area (TPSA) is 41.6 Å². The molecule has 0 bridgehead atoms. The van der Waals surface area contributed by atoms with Crippen molar-refractivity contribution in [3.05, 3.63) is 54.6 Å². The Morgan fingerprint density at radius 2 is 1.79 bits per heavy atom. The Kier molecular flexibility index (Phi) is 6.82. The first-order valence-electron chi connectivity index (χ1n) is 8.42. The Bertz CT molecular complexity index is 643. The molecule has 4 heteroatoms. The zero-order valence-electron chi connectivity index (χ0n) is 14.7. The highest BCUT2D eigenvalue weighted by Crippen LogP contribution is 2.29. The number of hydrogen-bond donors (Lipinski definition) is 1. The molecule has 0 saturated carbocycles. The molecule has 0 radical (unpaired) electrons. The number of ether oxygens (including phenoxy) is 1. The highest BCUT2D eigenvalue weighted by molar-refractivity contribution is 5.92. The first-order chi connectivity index (χ1) is 11.6. The average molecular weight is 326 g/mol. The number of carbonyl (C=O) groups is 1. The molecule has 0 aromatic heterocycles. The monoisotopic (exact) mass is 326 g/mol. The molecular formula is C20H26N2O2. The number of nitrogens with one attached hydrogen (secondary N) is 1. The second-order valence-electron chi connectivity index (χ2n) is 5.95. The van der Waals surface area contributed by atoms with Gasteiger partial charge in [-0.05, 0) is 44.7 Å². The SMILES string of the molecule is CCC(C)N(C)CCC(=O)Nc1ccccc1Oc1ccccc1. The molecule has 1 atom stereocenters. The van der Waals surface area contributed by atoms with Gasteiger partial charge in [-0.1, -0.05) is 37.3 Å². The maximum absolute atomic E-state index is 12.2. The van der Waals surface area contributed by atoms with Crippen molar-refractivity contribution in [1.82, 2.24) is 4.90 Å². The van der Waals surface area contributed by atoms with Crippen LogP contribution in [0.3, 0.4) is 0 Å². The summed E-state index contributed by atoms with van der Waals surface area (Å²) in [6.45, 7) is 5.06. The highest BCUT2D eigenvalue weighted by Gasteiger charge is 2.11. The molecule has 128 valence electrons. The molecule has 24 heavy (non-hydrogen) atoms. The number of benzene rings is 2. The molecule has 0 aliphatic carbocycles. The van der Waals surface area contributed by atoms with E-state index in [1.807, 2.05) is 61.6 Å². The number of hydrogen-bond acceptors (Lipinski definition) is 3. The molecule has 1 N–H and O–H groups in total. The fourth-order valence-corrected chi connectivity index (χ4v) is 2.30. The van der Waals surface area contributed by atoms with Gasteiger partial charge in [-0.25, -0.2) is 0 Å². The normalized spacial score (nSPS) is 12.0. The van der Waals surface area contributed by atoms with E-state index in [4.69, 9.17) is 4.74 Å². The Hall–Kier alpha value is -2.33. The van der Waals surface area contributed by atoms with Gasteiger partial charge in [0.05, 0.1) is 5.69 Å². The fraction of sp³-hybridized carbons (Fsp3) is 0.350. The molecular weight excluding hydrogens is 300 g/mol. The summed E-state index contributed by atoms with van der Waals surface area (Å²) in [5.41, 5.74) is 0.692. The molecule has 2 rings (SSSR count). The fourth-order valence-electron chi connectivity index (χ4n) is 2.30. The van der Waals surface area contributed by atoms with Crippen molar-refractivity contribution in [2.75, 3.05) is 18.9 Å². The summed E-state index contributed by atoms with van der Waals surface area (Å²) >= 11 is 0. The van der Waals surface area contributed by atoms with Gasteiger partial charge in [0.2, 0.25) is 5.91 Å². The molecule has 0 aliphatic rings. The van der Waals surface area contributed by atoms with Crippen LogP contribution in [-0.4, -0.2) is 30.4 Å². The number of para-hydroxylation sites is 3. The summed E-state index contributed by atoms with van der Waals surface area (Å²) in [6, 6.07) is 17.5. The molecule has 2 aromatic carbocycles. The van der Waals surface area contributed by atoms with Gasteiger partial charge in [0.25, 0.3) is 0 Å². The van der Waals surface area contributed by atoms with Crippen LogP contribution in [0.4, 0.5) is 5.69 Å². The quantitative estimate of drug-likeness (QED) is 0.774. The minimum Gasteiger partial charge on any atom is -0.455 e. The van der Waals surface area contributed by atoms with E-state index >= 15 is 0 Å². The zero-order chi connectivity index (χ0) is 17.4. The van der Waals surface area contributed by atoms with E-state index in [0.29, 0.717) is 23.9 Å². The molecule has 0 heterocycles.